The van der Waals surface area contributed by atoms with Crippen LogP contribution in [-0.2, 0) is 0 Å². The minimum atomic E-state index is -0.201. The Kier molecular flexibility index (Phi) is 3.84. The molecule has 4 rings (SSSR count). The lowest BCUT2D eigenvalue weighted by molar-refractivity contribution is 0.102. The molecule has 0 saturated carbocycles. The van der Waals surface area contributed by atoms with Crippen molar-refractivity contribution in [3.8, 4) is 22.6 Å². The number of aromatic nitrogens is 5. The zero-order valence-corrected chi connectivity index (χ0v) is 13.1. The maximum Gasteiger partial charge on any atom is 0.230 e. The van der Waals surface area contributed by atoms with Crippen LogP contribution in [0.5, 0.6) is 0 Å². The lowest BCUT2D eigenvalue weighted by Gasteiger charge is -2.01. The number of pyridine rings is 1. The van der Waals surface area contributed by atoms with Crippen molar-refractivity contribution < 1.29 is 4.79 Å². The van der Waals surface area contributed by atoms with Crippen LogP contribution in [0.1, 0.15) is 16.2 Å². The van der Waals surface area contributed by atoms with E-state index in [1.807, 2.05) is 30.3 Å². The maximum absolute atomic E-state index is 12.3. The van der Waals surface area contributed by atoms with Crippen LogP contribution in [0.2, 0.25) is 0 Å². The van der Waals surface area contributed by atoms with Gasteiger partial charge in [0.2, 0.25) is 11.6 Å². The van der Waals surface area contributed by atoms with Gasteiger partial charge in [-0.05, 0) is 12.1 Å². The van der Waals surface area contributed by atoms with Gasteiger partial charge in [-0.25, -0.2) is 15.0 Å². The van der Waals surface area contributed by atoms with Crippen molar-refractivity contribution in [2.45, 2.75) is 0 Å². The van der Waals surface area contributed by atoms with Gasteiger partial charge in [-0.2, -0.15) is 0 Å². The van der Waals surface area contributed by atoms with Gasteiger partial charge >= 0.3 is 0 Å². The molecule has 1 aromatic carbocycles. The lowest BCUT2D eigenvalue weighted by Crippen LogP contribution is -2.06. The largest absolute Gasteiger partial charge is 0.338 e. The molecule has 0 atom stereocenters. The fourth-order valence-corrected chi connectivity index (χ4v) is 2.42. The van der Waals surface area contributed by atoms with E-state index in [9.17, 15) is 4.79 Å². The molecule has 0 aliphatic heterocycles. The van der Waals surface area contributed by atoms with E-state index in [1.54, 1.807) is 43.1 Å². The summed E-state index contributed by atoms with van der Waals surface area (Å²) in [6.07, 6.45) is 8.39. The number of nitrogens with one attached hydrogen (secondary N) is 1. The van der Waals surface area contributed by atoms with Crippen molar-refractivity contribution >= 4 is 5.78 Å². The van der Waals surface area contributed by atoms with Crippen LogP contribution in [0.3, 0.4) is 0 Å². The predicted octanol–water partition coefficient (Wildman–Crippen LogP) is 3.16. The number of ketones is 1. The summed E-state index contributed by atoms with van der Waals surface area (Å²) in [6, 6.07) is 12.7. The molecular weight excluding hydrogens is 314 g/mol. The number of imidazole rings is 1. The van der Waals surface area contributed by atoms with Crippen molar-refractivity contribution in [2.24, 2.45) is 0 Å². The van der Waals surface area contributed by atoms with Gasteiger partial charge in [-0.15, -0.1) is 0 Å². The molecular formula is C19H13N5O. The van der Waals surface area contributed by atoms with Gasteiger partial charge in [-0.1, -0.05) is 30.3 Å². The van der Waals surface area contributed by atoms with E-state index in [4.69, 9.17) is 0 Å². The van der Waals surface area contributed by atoms with Crippen molar-refractivity contribution in [3.63, 3.8) is 0 Å². The molecule has 0 radical (unpaired) electrons. The summed E-state index contributed by atoms with van der Waals surface area (Å²) in [6.45, 7) is 0. The molecule has 0 aliphatic rings. The SMILES string of the molecule is O=C(c1ccccc1)c1ncc(-c2cnc(-c3cccnc3)[nH]2)cn1. The van der Waals surface area contributed by atoms with Crippen LogP contribution < -0.4 is 0 Å². The van der Waals surface area contributed by atoms with E-state index >= 15 is 0 Å². The van der Waals surface area contributed by atoms with E-state index in [-0.39, 0.29) is 11.6 Å². The topological polar surface area (TPSA) is 84.4 Å². The first kappa shape index (κ1) is 14.9. The number of hydrogen-bond donors (Lipinski definition) is 1. The van der Waals surface area contributed by atoms with E-state index in [0.29, 0.717) is 11.4 Å². The smallest absolute Gasteiger partial charge is 0.230 e. The van der Waals surface area contributed by atoms with E-state index in [2.05, 4.69) is 24.9 Å². The molecule has 3 aromatic heterocycles. The average Bonchev–Trinajstić information content (AvgIpc) is 3.19. The molecule has 0 amide bonds. The van der Waals surface area contributed by atoms with Crippen molar-refractivity contribution in [1.29, 1.82) is 0 Å². The highest BCUT2D eigenvalue weighted by Gasteiger charge is 2.12. The molecule has 1 N–H and O–H groups in total. The van der Waals surface area contributed by atoms with Gasteiger partial charge in [0.25, 0.3) is 0 Å². The summed E-state index contributed by atoms with van der Waals surface area (Å²) < 4.78 is 0. The Morgan fingerprint density at radius 3 is 2.32 bits per heavy atom. The zero-order valence-electron chi connectivity index (χ0n) is 13.1. The molecule has 0 unspecified atom stereocenters. The van der Waals surface area contributed by atoms with Crippen LogP contribution in [0, 0.1) is 0 Å². The number of aromatic amines is 1. The third-order valence-corrected chi connectivity index (χ3v) is 3.71. The van der Waals surface area contributed by atoms with Gasteiger partial charge in [0, 0.05) is 41.5 Å². The Morgan fingerprint density at radius 2 is 1.60 bits per heavy atom. The second kappa shape index (κ2) is 6.45. The van der Waals surface area contributed by atoms with E-state index in [0.717, 1.165) is 16.8 Å². The number of benzene rings is 1. The molecule has 0 saturated heterocycles. The maximum atomic E-state index is 12.3. The molecule has 120 valence electrons. The molecule has 0 bridgehead atoms. The third-order valence-electron chi connectivity index (χ3n) is 3.71. The van der Waals surface area contributed by atoms with E-state index in [1.165, 1.54) is 0 Å². The average molecular weight is 327 g/mol. The monoisotopic (exact) mass is 327 g/mol. The summed E-state index contributed by atoms with van der Waals surface area (Å²) in [5, 5.41) is 0. The predicted molar refractivity (Wildman–Crippen MR) is 92.7 cm³/mol. The molecule has 4 aromatic rings. The Labute approximate surface area is 143 Å². The van der Waals surface area contributed by atoms with Gasteiger partial charge < -0.3 is 4.98 Å². The highest BCUT2D eigenvalue weighted by atomic mass is 16.1. The third kappa shape index (κ3) is 3.05. The van der Waals surface area contributed by atoms with Crippen molar-refractivity contribution in [1.82, 2.24) is 24.9 Å². The van der Waals surface area contributed by atoms with Gasteiger partial charge in [0.1, 0.15) is 5.82 Å². The van der Waals surface area contributed by atoms with Crippen LogP contribution in [0.15, 0.2) is 73.4 Å². The summed E-state index contributed by atoms with van der Waals surface area (Å²) in [7, 11) is 0. The first-order valence-electron chi connectivity index (χ1n) is 7.69. The number of H-pyrrole nitrogens is 1. The highest BCUT2D eigenvalue weighted by molar-refractivity contribution is 6.06. The first-order valence-corrected chi connectivity index (χ1v) is 7.69. The number of hydrogen-bond acceptors (Lipinski definition) is 5. The molecule has 0 aliphatic carbocycles. The summed E-state index contributed by atoms with van der Waals surface area (Å²) in [5.41, 5.74) is 2.99. The first-order chi connectivity index (χ1) is 12.3. The highest BCUT2D eigenvalue weighted by Crippen LogP contribution is 2.20. The molecule has 6 nitrogen and oxygen atoms in total. The van der Waals surface area contributed by atoms with Gasteiger partial charge in [-0.3, -0.25) is 9.78 Å². The minimum Gasteiger partial charge on any atom is -0.338 e. The number of carbonyl (C=O) groups is 1. The quantitative estimate of drug-likeness (QED) is 0.582. The van der Waals surface area contributed by atoms with E-state index < -0.39 is 0 Å². The van der Waals surface area contributed by atoms with Crippen LogP contribution in [0.25, 0.3) is 22.6 Å². The van der Waals surface area contributed by atoms with Crippen LogP contribution in [0.4, 0.5) is 0 Å². The number of nitrogens with zero attached hydrogens (tertiary/aromatic N) is 4. The lowest BCUT2D eigenvalue weighted by atomic mass is 10.1. The molecule has 6 heteroatoms. The molecule has 3 heterocycles. The fraction of sp³-hybridized carbons (Fsp3) is 0. The number of carbonyl (C=O) groups excluding carboxylic acids is 1. The zero-order chi connectivity index (χ0) is 17.1. The second-order valence-electron chi connectivity index (χ2n) is 5.38. The second-order valence-corrected chi connectivity index (χ2v) is 5.38. The summed E-state index contributed by atoms with van der Waals surface area (Å²) in [5.74, 6) is 0.683. The molecule has 25 heavy (non-hydrogen) atoms. The molecule has 0 spiro atoms. The molecule has 0 fully saturated rings. The minimum absolute atomic E-state index is 0.168. The van der Waals surface area contributed by atoms with Crippen LogP contribution >= 0.6 is 0 Å². The normalized spacial score (nSPS) is 10.6. The standard InChI is InChI=1S/C19H13N5O/c25-17(13-5-2-1-3-6-13)19-21-10-15(11-22-19)16-12-23-18(24-16)14-7-4-8-20-9-14/h1-12H,(H,23,24). The Hall–Kier alpha value is -3.67. The summed E-state index contributed by atoms with van der Waals surface area (Å²) >= 11 is 0. The Morgan fingerprint density at radius 1 is 0.800 bits per heavy atom. The Bertz CT molecular complexity index is 995. The van der Waals surface area contributed by atoms with Crippen molar-refractivity contribution in [3.05, 3.63) is 84.8 Å². The van der Waals surface area contributed by atoms with Gasteiger partial charge in [0.05, 0.1) is 11.9 Å². The van der Waals surface area contributed by atoms with Gasteiger partial charge in [0.15, 0.2) is 0 Å². The Balaban J connectivity index is 1.59. The van der Waals surface area contributed by atoms with Crippen molar-refractivity contribution in [2.75, 3.05) is 0 Å². The number of rotatable bonds is 4. The summed E-state index contributed by atoms with van der Waals surface area (Å²) in [4.78, 5) is 32.4. The fourth-order valence-electron chi connectivity index (χ4n) is 2.42. The van der Waals surface area contributed by atoms with Crippen LogP contribution in [-0.4, -0.2) is 30.7 Å².